The second-order valence-corrected chi connectivity index (χ2v) is 6.23. The number of ether oxygens (including phenoxy) is 2. The van der Waals surface area contributed by atoms with E-state index < -0.39 is 0 Å². The molecule has 0 heterocycles. The summed E-state index contributed by atoms with van der Waals surface area (Å²) in [5, 5.41) is 2.99. The van der Waals surface area contributed by atoms with Crippen LogP contribution in [0, 0.1) is 5.92 Å². The van der Waals surface area contributed by atoms with E-state index in [4.69, 9.17) is 9.47 Å². The standard InChI is InChI=1S/C20H26N2O3/c1-14(11-15-9-10-18(24-4)19(12-15)25-5)20(23)21-16-7-6-8-17(13-16)22(2)3/h6-10,12-14H,11H2,1-5H3,(H,21,23). The van der Waals surface area contributed by atoms with Crippen molar-refractivity contribution in [1.29, 1.82) is 0 Å². The molecular formula is C20H26N2O3. The van der Waals surface area contributed by atoms with Crippen molar-refractivity contribution in [2.45, 2.75) is 13.3 Å². The highest BCUT2D eigenvalue weighted by Crippen LogP contribution is 2.28. The van der Waals surface area contributed by atoms with Crippen LogP contribution < -0.4 is 19.7 Å². The summed E-state index contributed by atoms with van der Waals surface area (Å²) in [4.78, 5) is 14.5. The van der Waals surface area contributed by atoms with Crippen molar-refractivity contribution in [3.63, 3.8) is 0 Å². The zero-order valence-electron chi connectivity index (χ0n) is 15.5. The molecule has 25 heavy (non-hydrogen) atoms. The van der Waals surface area contributed by atoms with E-state index in [0.29, 0.717) is 17.9 Å². The summed E-state index contributed by atoms with van der Waals surface area (Å²) >= 11 is 0. The third-order valence-corrected chi connectivity index (χ3v) is 4.07. The molecule has 0 aliphatic rings. The molecule has 134 valence electrons. The first kappa shape index (κ1) is 18.6. The van der Waals surface area contributed by atoms with E-state index in [2.05, 4.69) is 5.32 Å². The van der Waals surface area contributed by atoms with Crippen LogP contribution in [0.15, 0.2) is 42.5 Å². The molecule has 5 nitrogen and oxygen atoms in total. The molecule has 0 aliphatic heterocycles. The number of rotatable bonds is 7. The van der Waals surface area contributed by atoms with Gasteiger partial charge in [-0.2, -0.15) is 0 Å². The monoisotopic (exact) mass is 342 g/mol. The Morgan fingerprint density at radius 1 is 1.08 bits per heavy atom. The Morgan fingerprint density at radius 3 is 2.44 bits per heavy atom. The fraction of sp³-hybridized carbons (Fsp3) is 0.350. The lowest BCUT2D eigenvalue weighted by atomic mass is 10.00. The molecule has 0 saturated carbocycles. The van der Waals surface area contributed by atoms with E-state index in [1.807, 2.05) is 68.4 Å². The maximum atomic E-state index is 12.5. The Hall–Kier alpha value is -2.69. The van der Waals surface area contributed by atoms with Gasteiger partial charge in [0.2, 0.25) is 5.91 Å². The zero-order valence-corrected chi connectivity index (χ0v) is 15.5. The Balaban J connectivity index is 2.04. The van der Waals surface area contributed by atoms with Gasteiger partial charge in [-0.15, -0.1) is 0 Å². The smallest absolute Gasteiger partial charge is 0.227 e. The highest BCUT2D eigenvalue weighted by atomic mass is 16.5. The van der Waals surface area contributed by atoms with Crippen LogP contribution in [0.3, 0.4) is 0 Å². The van der Waals surface area contributed by atoms with Crippen LogP contribution in [0.5, 0.6) is 11.5 Å². The maximum absolute atomic E-state index is 12.5. The number of benzene rings is 2. The molecule has 0 saturated heterocycles. The fourth-order valence-corrected chi connectivity index (χ4v) is 2.58. The lowest BCUT2D eigenvalue weighted by molar-refractivity contribution is -0.119. The zero-order chi connectivity index (χ0) is 18.4. The van der Waals surface area contributed by atoms with Gasteiger partial charge in [0.1, 0.15) is 0 Å². The lowest BCUT2D eigenvalue weighted by Gasteiger charge is -2.16. The number of carbonyl (C=O) groups is 1. The molecule has 5 heteroatoms. The van der Waals surface area contributed by atoms with Crippen LogP contribution >= 0.6 is 0 Å². The summed E-state index contributed by atoms with van der Waals surface area (Å²) in [5.74, 6) is 1.18. The second-order valence-electron chi connectivity index (χ2n) is 6.23. The first-order valence-electron chi connectivity index (χ1n) is 8.23. The van der Waals surface area contributed by atoms with Gasteiger partial charge in [-0.05, 0) is 42.3 Å². The summed E-state index contributed by atoms with van der Waals surface area (Å²) in [6.45, 7) is 1.92. The van der Waals surface area contributed by atoms with Crippen molar-refractivity contribution in [3.05, 3.63) is 48.0 Å². The van der Waals surface area contributed by atoms with E-state index in [0.717, 1.165) is 16.9 Å². The van der Waals surface area contributed by atoms with Crippen LogP contribution in [-0.4, -0.2) is 34.2 Å². The third kappa shape index (κ3) is 4.89. The molecule has 1 atom stereocenters. The van der Waals surface area contributed by atoms with Gasteiger partial charge in [0, 0.05) is 31.4 Å². The Kier molecular flexibility index (Phi) is 6.28. The first-order valence-corrected chi connectivity index (χ1v) is 8.23. The molecule has 0 radical (unpaired) electrons. The maximum Gasteiger partial charge on any atom is 0.227 e. The van der Waals surface area contributed by atoms with Crippen molar-refractivity contribution >= 4 is 17.3 Å². The van der Waals surface area contributed by atoms with E-state index in [9.17, 15) is 4.79 Å². The summed E-state index contributed by atoms with van der Waals surface area (Å²) in [7, 11) is 7.16. The van der Waals surface area contributed by atoms with Crippen LogP contribution in [-0.2, 0) is 11.2 Å². The summed E-state index contributed by atoms with van der Waals surface area (Å²) in [6, 6.07) is 13.5. The number of carbonyl (C=O) groups excluding carboxylic acids is 1. The molecule has 2 rings (SSSR count). The van der Waals surface area contributed by atoms with E-state index >= 15 is 0 Å². The number of nitrogens with zero attached hydrogens (tertiary/aromatic N) is 1. The minimum absolute atomic E-state index is 0.00862. The molecule has 1 amide bonds. The Bertz CT molecular complexity index is 729. The van der Waals surface area contributed by atoms with Gasteiger partial charge in [-0.1, -0.05) is 19.1 Å². The second kappa shape index (κ2) is 8.42. The molecule has 0 aromatic heterocycles. The molecule has 2 aromatic carbocycles. The van der Waals surface area contributed by atoms with Crippen molar-refractivity contribution in [1.82, 2.24) is 0 Å². The number of nitrogens with one attached hydrogen (secondary N) is 1. The quantitative estimate of drug-likeness (QED) is 0.835. The van der Waals surface area contributed by atoms with Crippen LogP contribution in [0.4, 0.5) is 11.4 Å². The predicted molar refractivity (Wildman–Crippen MR) is 102 cm³/mol. The Labute approximate surface area is 149 Å². The summed E-state index contributed by atoms with van der Waals surface area (Å²) in [5.41, 5.74) is 2.88. The van der Waals surface area contributed by atoms with Gasteiger partial charge in [0.15, 0.2) is 11.5 Å². The number of amides is 1. The van der Waals surface area contributed by atoms with E-state index in [1.54, 1.807) is 14.2 Å². The number of hydrogen-bond donors (Lipinski definition) is 1. The number of methoxy groups -OCH3 is 2. The molecule has 0 spiro atoms. The summed E-state index contributed by atoms with van der Waals surface area (Å²) < 4.78 is 10.6. The largest absolute Gasteiger partial charge is 0.493 e. The van der Waals surface area contributed by atoms with Gasteiger partial charge in [-0.3, -0.25) is 4.79 Å². The minimum atomic E-state index is -0.166. The minimum Gasteiger partial charge on any atom is -0.493 e. The van der Waals surface area contributed by atoms with Gasteiger partial charge in [0.25, 0.3) is 0 Å². The van der Waals surface area contributed by atoms with E-state index in [-0.39, 0.29) is 11.8 Å². The van der Waals surface area contributed by atoms with Crippen LogP contribution in [0.25, 0.3) is 0 Å². The van der Waals surface area contributed by atoms with Crippen molar-refractivity contribution in [3.8, 4) is 11.5 Å². The summed E-state index contributed by atoms with van der Waals surface area (Å²) in [6.07, 6.45) is 0.625. The predicted octanol–water partition coefficient (Wildman–Crippen LogP) is 3.59. The first-order chi connectivity index (χ1) is 11.9. The molecular weight excluding hydrogens is 316 g/mol. The van der Waals surface area contributed by atoms with Crippen LogP contribution in [0.2, 0.25) is 0 Å². The van der Waals surface area contributed by atoms with Gasteiger partial charge >= 0.3 is 0 Å². The van der Waals surface area contributed by atoms with E-state index in [1.165, 1.54) is 0 Å². The lowest BCUT2D eigenvalue weighted by Crippen LogP contribution is -2.22. The SMILES string of the molecule is COc1ccc(CC(C)C(=O)Nc2cccc(N(C)C)c2)cc1OC. The highest BCUT2D eigenvalue weighted by Gasteiger charge is 2.15. The average Bonchev–Trinajstić information content (AvgIpc) is 2.61. The molecule has 2 aromatic rings. The Morgan fingerprint density at radius 2 is 1.80 bits per heavy atom. The van der Waals surface area contributed by atoms with Gasteiger partial charge < -0.3 is 19.7 Å². The fourth-order valence-electron chi connectivity index (χ4n) is 2.58. The molecule has 1 N–H and O–H groups in total. The normalized spacial score (nSPS) is 11.6. The van der Waals surface area contributed by atoms with Gasteiger partial charge in [-0.25, -0.2) is 0 Å². The highest BCUT2D eigenvalue weighted by molar-refractivity contribution is 5.93. The number of hydrogen-bond acceptors (Lipinski definition) is 4. The molecule has 1 unspecified atom stereocenters. The molecule has 0 fully saturated rings. The van der Waals surface area contributed by atoms with Crippen molar-refractivity contribution in [2.75, 3.05) is 38.5 Å². The molecule has 0 aliphatic carbocycles. The number of anilines is 2. The van der Waals surface area contributed by atoms with Crippen LogP contribution in [0.1, 0.15) is 12.5 Å². The van der Waals surface area contributed by atoms with Crippen molar-refractivity contribution in [2.24, 2.45) is 5.92 Å². The van der Waals surface area contributed by atoms with Gasteiger partial charge in [0.05, 0.1) is 14.2 Å². The topological polar surface area (TPSA) is 50.8 Å². The molecule has 0 bridgehead atoms. The van der Waals surface area contributed by atoms with Crippen molar-refractivity contribution < 1.29 is 14.3 Å². The third-order valence-electron chi connectivity index (χ3n) is 4.07. The average molecular weight is 342 g/mol.